The fourth-order valence-electron chi connectivity index (χ4n) is 1.12. The molecule has 1 rings (SSSR count). The molecule has 0 aliphatic rings. The van der Waals surface area contributed by atoms with Crippen LogP contribution in [0.5, 0.6) is 0 Å². The maximum atomic E-state index is 13.3. The molecule has 84 valence electrons. The van der Waals surface area contributed by atoms with Gasteiger partial charge in [0.15, 0.2) is 0 Å². The lowest BCUT2D eigenvalue weighted by molar-refractivity contribution is -0.176. The van der Waals surface area contributed by atoms with Gasteiger partial charge < -0.3 is 5.11 Å². The number of rotatable bonds is 4. The van der Waals surface area contributed by atoms with Gasteiger partial charge in [0.25, 0.3) is 0 Å². The monoisotopic (exact) mass is 222 g/mol. The molecule has 0 amide bonds. The molecule has 0 saturated carbocycles. The maximum absolute atomic E-state index is 13.3. The van der Waals surface area contributed by atoms with Crippen LogP contribution >= 0.6 is 0 Å². The number of aromatic nitrogens is 2. The second-order valence-corrected chi connectivity index (χ2v) is 2.86. The van der Waals surface area contributed by atoms with Crippen molar-refractivity contribution in [1.29, 1.82) is 0 Å². The summed E-state index contributed by atoms with van der Waals surface area (Å²) >= 11 is 0. The standard InChI is InChI=1S/C8H9F3N2O2/c1-2-13-5(3-4-12-13)6(9)8(10,11)7(14)15/h3-4,6H,2H2,1H3,(H,14,15). The number of carboxylic acids is 1. The smallest absolute Gasteiger partial charge is 0.378 e. The van der Waals surface area contributed by atoms with E-state index >= 15 is 0 Å². The Morgan fingerprint density at radius 1 is 1.73 bits per heavy atom. The molecule has 1 unspecified atom stereocenters. The van der Waals surface area contributed by atoms with Crippen LogP contribution in [0.25, 0.3) is 0 Å². The Bertz CT molecular complexity index is 365. The highest BCUT2D eigenvalue weighted by molar-refractivity contribution is 5.76. The summed E-state index contributed by atoms with van der Waals surface area (Å²) in [5.41, 5.74) is -0.440. The van der Waals surface area contributed by atoms with Crippen LogP contribution in [-0.2, 0) is 11.3 Å². The molecule has 7 heteroatoms. The lowest BCUT2D eigenvalue weighted by Gasteiger charge is -2.16. The van der Waals surface area contributed by atoms with Gasteiger partial charge in [-0.25, -0.2) is 9.18 Å². The van der Waals surface area contributed by atoms with Gasteiger partial charge in [-0.3, -0.25) is 4.68 Å². The first-order valence-corrected chi connectivity index (χ1v) is 4.18. The zero-order valence-electron chi connectivity index (χ0n) is 7.82. The third-order valence-electron chi connectivity index (χ3n) is 1.91. The Morgan fingerprint density at radius 3 is 2.80 bits per heavy atom. The highest BCUT2D eigenvalue weighted by Gasteiger charge is 2.50. The number of halogens is 3. The van der Waals surface area contributed by atoms with Gasteiger partial charge >= 0.3 is 11.9 Å². The van der Waals surface area contributed by atoms with Gasteiger partial charge in [0.05, 0.1) is 5.69 Å². The van der Waals surface area contributed by atoms with Crippen molar-refractivity contribution < 1.29 is 23.1 Å². The van der Waals surface area contributed by atoms with Gasteiger partial charge in [0.1, 0.15) is 0 Å². The normalized spacial score (nSPS) is 13.9. The van der Waals surface area contributed by atoms with Crippen LogP contribution in [0.15, 0.2) is 12.3 Å². The number of carbonyl (C=O) groups is 1. The van der Waals surface area contributed by atoms with E-state index in [2.05, 4.69) is 5.10 Å². The predicted octanol–water partition coefficient (Wildman–Crippen LogP) is 1.63. The number of aliphatic carboxylic acids is 1. The van der Waals surface area contributed by atoms with E-state index in [1.165, 1.54) is 0 Å². The Balaban J connectivity index is 3.03. The molecule has 0 spiro atoms. The minimum atomic E-state index is -4.44. The highest BCUT2D eigenvalue weighted by Crippen LogP contribution is 2.34. The first-order chi connectivity index (χ1) is 6.91. The van der Waals surface area contributed by atoms with E-state index in [0.29, 0.717) is 0 Å². The number of hydrogen-bond acceptors (Lipinski definition) is 2. The number of hydrogen-bond donors (Lipinski definition) is 1. The summed E-state index contributed by atoms with van der Waals surface area (Å²) in [7, 11) is 0. The van der Waals surface area contributed by atoms with Gasteiger partial charge in [-0.05, 0) is 13.0 Å². The summed E-state index contributed by atoms with van der Waals surface area (Å²) in [6.45, 7) is 1.78. The van der Waals surface area contributed by atoms with E-state index in [9.17, 15) is 18.0 Å². The molecule has 0 fully saturated rings. The van der Waals surface area contributed by atoms with E-state index < -0.39 is 23.8 Å². The summed E-state index contributed by atoms with van der Waals surface area (Å²) < 4.78 is 39.8. The van der Waals surface area contributed by atoms with Crippen LogP contribution in [0.2, 0.25) is 0 Å². The topological polar surface area (TPSA) is 55.1 Å². The molecule has 0 saturated heterocycles. The van der Waals surface area contributed by atoms with Crippen LogP contribution in [0, 0.1) is 0 Å². The van der Waals surface area contributed by atoms with Crippen molar-refractivity contribution in [3.63, 3.8) is 0 Å². The minimum Gasteiger partial charge on any atom is -0.477 e. The molecule has 1 aromatic rings. The molecule has 0 aliphatic heterocycles. The van der Waals surface area contributed by atoms with Crippen molar-refractivity contribution in [1.82, 2.24) is 9.78 Å². The summed E-state index contributed by atoms with van der Waals surface area (Å²) in [5, 5.41) is 11.7. The van der Waals surface area contributed by atoms with Crippen molar-refractivity contribution in [2.75, 3.05) is 0 Å². The molecule has 0 aliphatic carbocycles. The largest absolute Gasteiger partial charge is 0.477 e. The number of alkyl halides is 3. The van der Waals surface area contributed by atoms with Crippen molar-refractivity contribution in [2.24, 2.45) is 0 Å². The molecule has 1 heterocycles. The Labute approximate surface area is 83.3 Å². The Kier molecular flexibility index (Phi) is 3.01. The molecule has 1 N–H and O–H groups in total. The fourth-order valence-corrected chi connectivity index (χ4v) is 1.12. The molecule has 1 atom stereocenters. The van der Waals surface area contributed by atoms with Gasteiger partial charge in [0.2, 0.25) is 6.17 Å². The molecule has 15 heavy (non-hydrogen) atoms. The second kappa shape index (κ2) is 3.92. The molecular weight excluding hydrogens is 213 g/mol. The Hall–Kier alpha value is -1.53. The van der Waals surface area contributed by atoms with Crippen LogP contribution in [0.4, 0.5) is 13.2 Å². The van der Waals surface area contributed by atoms with Gasteiger partial charge in [-0.2, -0.15) is 13.9 Å². The van der Waals surface area contributed by atoms with Gasteiger partial charge in [0, 0.05) is 12.7 Å². The van der Waals surface area contributed by atoms with E-state index in [-0.39, 0.29) is 6.54 Å². The number of aryl methyl sites for hydroxylation is 1. The summed E-state index contributed by atoms with van der Waals surface area (Å²) in [6, 6.07) is 1.03. The summed E-state index contributed by atoms with van der Waals surface area (Å²) in [5.74, 6) is -6.92. The molecule has 1 aromatic heterocycles. The van der Waals surface area contributed by atoms with Crippen LogP contribution < -0.4 is 0 Å². The SMILES string of the molecule is CCn1nccc1C(F)C(F)(F)C(=O)O. The first-order valence-electron chi connectivity index (χ1n) is 4.18. The van der Waals surface area contributed by atoms with E-state index in [1.54, 1.807) is 6.92 Å². The zero-order valence-corrected chi connectivity index (χ0v) is 7.82. The van der Waals surface area contributed by atoms with E-state index in [0.717, 1.165) is 16.9 Å². The number of carboxylic acid groups (broad SMARTS) is 1. The third-order valence-corrected chi connectivity index (χ3v) is 1.91. The van der Waals surface area contributed by atoms with Gasteiger partial charge in [-0.1, -0.05) is 0 Å². The molecular formula is C8H9F3N2O2. The van der Waals surface area contributed by atoms with Crippen LogP contribution in [0.1, 0.15) is 18.8 Å². The van der Waals surface area contributed by atoms with Crippen molar-refractivity contribution in [3.8, 4) is 0 Å². The van der Waals surface area contributed by atoms with Crippen LogP contribution in [0.3, 0.4) is 0 Å². The van der Waals surface area contributed by atoms with Crippen molar-refractivity contribution >= 4 is 5.97 Å². The predicted molar refractivity (Wildman–Crippen MR) is 44.3 cm³/mol. The lowest BCUT2D eigenvalue weighted by atomic mass is 10.1. The quantitative estimate of drug-likeness (QED) is 0.842. The average Bonchev–Trinajstić information content (AvgIpc) is 2.63. The summed E-state index contributed by atoms with van der Waals surface area (Å²) in [6.07, 6.45) is -1.75. The average molecular weight is 222 g/mol. The highest BCUT2D eigenvalue weighted by atomic mass is 19.3. The molecule has 0 bridgehead atoms. The minimum absolute atomic E-state index is 0.193. The molecule has 0 aromatic carbocycles. The van der Waals surface area contributed by atoms with E-state index in [1.807, 2.05) is 0 Å². The third kappa shape index (κ3) is 1.95. The van der Waals surface area contributed by atoms with E-state index in [4.69, 9.17) is 5.11 Å². The molecule has 4 nitrogen and oxygen atoms in total. The Morgan fingerprint density at radius 2 is 2.33 bits per heavy atom. The lowest BCUT2D eigenvalue weighted by Crippen LogP contribution is -2.34. The van der Waals surface area contributed by atoms with Gasteiger partial charge in [-0.15, -0.1) is 0 Å². The zero-order chi connectivity index (χ0) is 11.6. The van der Waals surface area contributed by atoms with Crippen LogP contribution in [-0.4, -0.2) is 26.8 Å². The molecule has 0 radical (unpaired) electrons. The fraction of sp³-hybridized carbons (Fsp3) is 0.500. The first kappa shape index (κ1) is 11.5. The number of nitrogens with zero attached hydrogens (tertiary/aromatic N) is 2. The summed E-state index contributed by atoms with van der Waals surface area (Å²) in [4.78, 5) is 10.1. The van der Waals surface area contributed by atoms with Crippen molar-refractivity contribution in [2.45, 2.75) is 25.6 Å². The second-order valence-electron chi connectivity index (χ2n) is 2.86. The maximum Gasteiger partial charge on any atom is 0.378 e. The van der Waals surface area contributed by atoms with Crippen molar-refractivity contribution in [3.05, 3.63) is 18.0 Å².